The van der Waals surface area contributed by atoms with Gasteiger partial charge in [0.1, 0.15) is 0 Å². The van der Waals surface area contributed by atoms with Gasteiger partial charge in [-0.1, -0.05) is 0 Å². The van der Waals surface area contributed by atoms with Crippen molar-refractivity contribution in [3.05, 3.63) is 34.2 Å². The standard InChI is InChI=1S/C10H13NOS/c11-10(9-3-5-13-7-9)8-2-1-4-12-6-8/h3,5-7,10H,1-2,4,11H2. The highest BCUT2D eigenvalue weighted by Gasteiger charge is 2.14. The van der Waals surface area contributed by atoms with E-state index in [-0.39, 0.29) is 6.04 Å². The molecule has 1 aliphatic heterocycles. The first-order valence-corrected chi connectivity index (χ1v) is 5.40. The molecule has 1 unspecified atom stereocenters. The Balaban J connectivity index is 2.12. The van der Waals surface area contributed by atoms with Gasteiger partial charge in [0, 0.05) is 0 Å². The maximum Gasteiger partial charge on any atom is 0.0876 e. The number of ether oxygens (including phenoxy) is 1. The molecule has 0 aliphatic carbocycles. The molecule has 0 spiro atoms. The Kier molecular flexibility index (Phi) is 2.66. The Hall–Kier alpha value is -0.800. The van der Waals surface area contributed by atoms with Crippen LogP contribution in [0, 0.1) is 0 Å². The molecule has 1 aromatic heterocycles. The summed E-state index contributed by atoms with van der Waals surface area (Å²) in [5, 5.41) is 4.15. The molecular weight excluding hydrogens is 182 g/mol. The van der Waals surface area contributed by atoms with Gasteiger partial charge in [0.05, 0.1) is 18.9 Å². The van der Waals surface area contributed by atoms with Crippen LogP contribution in [-0.2, 0) is 4.74 Å². The molecule has 0 radical (unpaired) electrons. The molecule has 1 aliphatic rings. The average molecular weight is 195 g/mol. The van der Waals surface area contributed by atoms with Gasteiger partial charge in [-0.2, -0.15) is 11.3 Å². The molecule has 0 aromatic carbocycles. The summed E-state index contributed by atoms with van der Waals surface area (Å²) in [4.78, 5) is 0. The third-order valence-corrected chi connectivity index (χ3v) is 2.97. The van der Waals surface area contributed by atoms with E-state index in [1.165, 1.54) is 11.1 Å². The Morgan fingerprint density at radius 1 is 1.54 bits per heavy atom. The zero-order valence-electron chi connectivity index (χ0n) is 7.40. The van der Waals surface area contributed by atoms with E-state index in [1.54, 1.807) is 11.3 Å². The van der Waals surface area contributed by atoms with E-state index in [9.17, 15) is 0 Å². The Labute approximate surface area is 82.0 Å². The van der Waals surface area contributed by atoms with Crippen molar-refractivity contribution in [3.8, 4) is 0 Å². The molecule has 2 N–H and O–H groups in total. The quantitative estimate of drug-likeness (QED) is 0.786. The summed E-state index contributed by atoms with van der Waals surface area (Å²) in [6.07, 6.45) is 3.98. The zero-order chi connectivity index (χ0) is 9.10. The van der Waals surface area contributed by atoms with Gasteiger partial charge in [-0.05, 0) is 40.8 Å². The molecule has 2 heterocycles. The highest BCUT2D eigenvalue weighted by molar-refractivity contribution is 7.07. The van der Waals surface area contributed by atoms with Crippen LogP contribution in [0.5, 0.6) is 0 Å². The summed E-state index contributed by atoms with van der Waals surface area (Å²) in [6, 6.07) is 2.11. The first-order chi connectivity index (χ1) is 6.38. The highest BCUT2D eigenvalue weighted by atomic mass is 32.1. The number of rotatable bonds is 2. The third-order valence-electron chi connectivity index (χ3n) is 2.26. The van der Waals surface area contributed by atoms with Crippen LogP contribution < -0.4 is 5.73 Å². The summed E-state index contributed by atoms with van der Waals surface area (Å²) < 4.78 is 5.26. The van der Waals surface area contributed by atoms with Crippen molar-refractivity contribution in [3.63, 3.8) is 0 Å². The van der Waals surface area contributed by atoms with Crippen molar-refractivity contribution in [2.45, 2.75) is 18.9 Å². The molecule has 0 saturated carbocycles. The summed E-state index contributed by atoms with van der Waals surface area (Å²) in [5.41, 5.74) is 8.48. The molecule has 2 nitrogen and oxygen atoms in total. The monoisotopic (exact) mass is 195 g/mol. The second-order valence-electron chi connectivity index (χ2n) is 3.20. The molecule has 0 saturated heterocycles. The smallest absolute Gasteiger partial charge is 0.0876 e. The second kappa shape index (κ2) is 3.94. The fourth-order valence-corrected chi connectivity index (χ4v) is 2.18. The largest absolute Gasteiger partial charge is 0.501 e. The molecule has 3 heteroatoms. The van der Waals surface area contributed by atoms with E-state index >= 15 is 0 Å². The van der Waals surface area contributed by atoms with Gasteiger partial charge in [0.2, 0.25) is 0 Å². The Morgan fingerprint density at radius 2 is 2.46 bits per heavy atom. The van der Waals surface area contributed by atoms with Crippen LogP contribution >= 0.6 is 11.3 Å². The number of hydrogen-bond donors (Lipinski definition) is 1. The summed E-state index contributed by atoms with van der Waals surface area (Å²) in [5.74, 6) is 0. The lowest BCUT2D eigenvalue weighted by Gasteiger charge is -2.18. The Bertz CT molecular complexity index is 292. The van der Waals surface area contributed by atoms with Crippen molar-refractivity contribution < 1.29 is 4.74 Å². The van der Waals surface area contributed by atoms with Crippen molar-refractivity contribution in [1.82, 2.24) is 0 Å². The molecule has 2 rings (SSSR count). The Morgan fingerprint density at radius 3 is 3.08 bits per heavy atom. The van der Waals surface area contributed by atoms with E-state index < -0.39 is 0 Å². The van der Waals surface area contributed by atoms with Gasteiger partial charge < -0.3 is 10.5 Å². The lowest BCUT2D eigenvalue weighted by molar-refractivity contribution is 0.221. The molecule has 1 aromatic rings. The van der Waals surface area contributed by atoms with Crippen molar-refractivity contribution in [1.29, 1.82) is 0 Å². The summed E-state index contributed by atoms with van der Waals surface area (Å²) >= 11 is 1.68. The third kappa shape index (κ3) is 1.92. The predicted octanol–water partition coefficient (Wildman–Crippen LogP) is 2.44. The van der Waals surface area contributed by atoms with Crippen LogP contribution in [0.1, 0.15) is 24.4 Å². The number of nitrogens with two attached hydrogens (primary N) is 1. The SMILES string of the molecule is NC(C1=COCCC1)c1ccsc1. The lowest BCUT2D eigenvalue weighted by atomic mass is 9.98. The van der Waals surface area contributed by atoms with E-state index in [0.717, 1.165) is 19.4 Å². The van der Waals surface area contributed by atoms with Crippen molar-refractivity contribution in [2.75, 3.05) is 6.61 Å². The van der Waals surface area contributed by atoms with Crippen LogP contribution in [0.2, 0.25) is 0 Å². The maximum atomic E-state index is 6.07. The molecule has 1 atom stereocenters. The first-order valence-electron chi connectivity index (χ1n) is 4.46. The molecule has 0 amide bonds. The zero-order valence-corrected chi connectivity index (χ0v) is 8.22. The van der Waals surface area contributed by atoms with E-state index in [2.05, 4.69) is 16.8 Å². The minimum atomic E-state index is 0.0338. The lowest BCUT2D eigenvalue weighted by Crippen LogP contribution is -2.15. The van der Waals surface area contributed by atoms with Crippen molar-refractivity contribution in [2.24, 2.45) is 5.73 Å². The van der Waals surface area contributed by atoms with Crippen LogP contribution in [0.15, 0.2) is 28.7 Å². The number of thiophene rings is 1. The second-order valence-corrected chi connectivity index (χ2v) is 3.98. The van der Waals surface area contributed by atoms with Crippen LogP contribution in [0.3, 0.4) is 0 Å². The normalized spacial score (nSPS) is 19.0. The summed E-state index contributed by atoms with van der Waals surface area (Å²) in [7, 11) is 0. The van der Waals surface area contributed by atoms with E-state index in [0.29, 0.717) is 0 Å². The first kappa shape index (κ1) is 8.78. The van der Waals surface area contributed by atoms with Crippen LogP contribution in [-0.4, -0.2) is 6.61 Å². The minimum absolute atomic E-state index is 0.0338. The molecule has 13 heavy (non-hydrogen) atoms. The predicted molar refractivity (Wildman–Crippen MR) is 54.5 cm³/mol. The molecular formula is C10H13NOS. The highest BCUT2D eigenvalue weighted by Crippen LogP contribution is 2.26. The fourth-order valence-electron chi connectivity index (χ4n) is 1.48. The minimum Gasteiger partial charge on any atom is -0.501 e. The number of hydrogen-bond acceptors (Lipinski definition) is 3. The fraction of sp³-hybridized carbons (Fsp3) is 0.400. The van der Waals surface area contributed by atoms with Gasteiger partial charge >= 0.3 is 0 Å². The molecule has 70 valence electrons. The van der Waals surface area contributed by atoms with Crippen molar-refractivity contribution >= 4 is 11.3 Å². The molecule has 0 fully saturated rings. The van der Waals surface area contributed by atoms with E-state index in [4.69, 9.17) is 10.5 Å². The van der Waals surface area contributed by atoms with Crippen LogP contribution in [0.25, 0.3) is 0 Å². The van der Waals surface area contributed by atoms with Gasteiger partial charge in [0.25, 0.3) is 0 Å². The van der Waals surface area contributed by atoms with Gasteiger partial charge in [0.15, 0.2) is 0 Å². The van der Waals surface area contributed by atoms with Gasteiger partial charge in [-0.15, -0.1) is 0 Å². The molecule has 0 bridgehead atoms. The van der Waals surface area contributed by atoms with Gasteiger partial charge in [-0.3, -0.25) is 0 Å². The maximum absolute atomic E-state index is 6.07. The topological polar surface area (TPSA) is 35.2 Å². The average Bonchev–Trinajstić information content (AvgIpc) is 2.71. The summed E-state index contributed by atoms with van der Waals surface area (Å²) in [6.45, 7) is 0.833. The van der Waals surface area contributed by atoms with E-state index in [1.807, 2.05) is 6.26 Å². The van der Waals surface area contributed by atoms with Crippen LogP contribution in [0.4, 0.5) is 0 Å². The van der Waals surface area contributed by atoms with Gasteiger partial charge in [-0.25, -0.2) is 0 Å².